The molecule has 0 unspecified atom stereocenters. The van der Waals surface area contributed by atoms with Crippen LogP contribution in [0.25, 0.3) is 0 Å². The Bertz CT molecular complexity index is 1200. The molecule has 0 fully saturated rings. The molecular weight excluding hydrogens is 460 g/mol. The van der Waals surface area contributed by atoms with Gasteiger partial charge in [-0.05, 0) is 73.2 Å². The van der Waals surface area contributed by atoms with Crippen molar-refractivity contribution in [2.24, 2.45) is 10.7 Å². The van der Waals surface area contributed by atoms with Gasteiger partial charge in [0.05, 0.1) is 14.2 Å². The topological polar surface area (TPSA) is 125 Å². The third-order valence-electron chi connectivity index (χ3n) is 6.13. The number of aromatic hydroxyl groups is 1. The number of imide groups is 1. The molecule has 36 heavy (non-hydrogen) atoms. The van der Waals surface area contributed by atoms with Gasteiger partial charge < -0.3 is 15.6 Å². The number of nitrogens with zero attached hydrogens (tertiary/aromatic N) is 3. The molecule has 0 saturated heterocycles. The van der Waals surface area contributed by atoms with Crippen LogP contribution in [0.15, 0.2) is 41.4 Å². The Morgan fingerprint density at radius 1 is 1.06 bits per heavy atom. The average Bonchev–Trinajstić information content (AvgIpc) is 2.89. The summed E-state index contributed by atoms with van der Waals surface area (Å²) in [4.78, 5) is 43.9. The number of ether oxygens (including phenoxy) is 1. The fourth-order valence-corrected chi connectivity index (χ4v) is 3.97. The second-order valence-corrected chi connectivity index (χ2v) is 8.68. The summed E-state index contributed by atoms with van der Waals surface area (Å²) >= 11 is 0. The van der Waals surface area contributed by atoms with Gasteiger partial charge >= 0.3 is 11.9 Å². The fourth-order valence-electron chi connectivity index (χ4n) is 3.97. The highest BCUT2D eigenvalue weighted by Gasteiger charge is 2.42. The minimum atomic E-state index is -0.771. The summed E-state index contributed by atoms with van der Waals surface area (Å²) in [6, 6.07) is 9.11. The Hall–Kier alpha value is -4.01. The van der Waals surface area contributed by atoms with Crippen LogP contribution in [0.1, 0.15) is 61.0 Å². The number of hydrogen-bond donors (Lipinski definition) is 2. The molecule has 0 aromatic heterocycles. The molecule has 9 nitrogen and oxygen atoms in total. The van der Waals surface area contributed by atoms with Crippen LogP contribution in [0, 0.1) is 0 Å². The molecule has 2 aromatic carbocycles. The highest BCUT2D eigenvalue weighted by Crippen LogP contribution is 2.28. The first-order valence-electron chi connectivity index (χ1n) is 12.1. The summed E-state index contributed by atoms with van der Waals surface area (Å²) in [7, 11) is 2.83. The van der Waals surface area contributed by atoms with Crippen LogP contribution in [0.4, 0.5) is 10.5 Å². The summed E-state index contributed by atoms with van der Waals surface area (Å²) in [6.07, 6.45) is 4.83. The van der Waals surface area contributed by atoms with Crippen molar-refractivity contribution in [2.75, 3.05) is 14.2 Å². The van der Waals surface area contributed by atoms with Gasteiger partial charge in [0.15, 0.2) is 0 Å². The van der Waals surface area contributed by atoms with Crippen molar-refractivity contribution in [1.82, 2.24) is 4.90 Å². The Kier molecular flexibility index (Phi) is 8.58. The molecule has 9 heteroatoms. The van der Waals surface area contributed by atoms with Crippen LogP contribution in [0.2, 0.25) is 0 Å². The first-order chi connectivity index (χ1) is 17.2. The molecule has 0 bridgehead atoms. The smallest absolute Gasteiger partial charge is 0.451 e. The number of carbonyl (C=O) groups is 3. The van der Waals surface area contributed by atoms with Crippen LogP contribution in [-0.2, 0) is 17.6 Å². The van der Waals surface area contributed by atoms with E-state index in [0.717, 1.165) is 35.2 Å². The molecule has 1 aliphatic rings. The van der Waals surface area contributed by atoms with Gasteiger partial charge in [0.2, 0.25) is 5.71 Å². The number of phenolic OH excluding ortho intramolecular Hbond substituents is 1. The summed E-state index contributed by atoms with van der Waals surface area (Å²) in [5.74, 6) is -0.892. The molecule has 0 atom stereocenters. The van der Waals surface area contributed by atoms with E-state index in [1.165, 1.54) is 14.2 Å². The summed E-state index contributed by atoms with van der Waals surface area (Å²) in [5.41, 5.74) is 7.91. The van der Waals surface area contributed by atoms with Crippen molar-refractivity contribution in [2.45, 2.75) is 52.4 Å². The second kappa shape index (κ2) is 11.6. The highest BCUT2D eigenvalue weighted by molar-refractivity contribution is 6.68. The molecule has 0 radical (unpaired) electrons. The van der Waals surface area contributed by atoms with Gasteiger partial charge in [-0.15, -0.1) is 0 Å². The van der Waals surface area contributed by atoms with E-state index in [1.54, 1.807) is 36.4 Å². The lowest BCUT2D eigenvalue weighted by Crippen LogP contribution is -2.55. The van der Waals surface area contributed by atoms with E-state index >= 15 is 0 Å². The molecule has 0 spiro atoms. The molecule has 190 valence electrons. The van der Waals surface area contributed by atoms with Crippen LogP contribution < -0.4 is 10.5 Å². The van der Waals surface area contributed by atoms with Gasteiger partial charge in [0.1, 0.15) is 17.2 Å². The predicted molar refractivity (Wildman–Crippen MR) is 137 cm³/mol. The average molecular weight is 494 g/mol. The quantitative estimate of drug-likeness (QED) is 0.510. The maximum atomic E-state index is 13.3. The number of hydrogen-bond acceptors (Lipinski definition) is 6. The number of benzene rings is 2. The molecule has 4 amide bonds. The number of aryl methyl sites for hydroxylation is 2. The van der Waals surface area contributed by atoms with Crippen LogP contribution >= 0.6 is 0 Å². The van der Waals surface area contributed by atoms with E-state index in [-0.39, 0.29) is 22.9 Å². The number of phenols is 1. The van der Waals surface area contributed by atoms with E-state index in [1.807, 2.05) is 0 Å². The lowest BCUT2D eigenvalue weighted by atomic mass is 9.96. The van der Waals surface area contributed by atoms with Crippen LogP contribution in [-0.4, -0.2) is 58.1 Å². The first kappa shape index (κ1) is 26.6. The number of carbonyl (C=O) groups excluding carboxylic acids is 3. The monoisotopic (exact) mass is 493 g/mol. The minimum absolute atomic E-state index is 0.205. The summed E-state index contributed by atoms with van der Waals surface area (Å²) < 4.78 is 6.28. The number of urea groups is 1. The molecule has 3 rings (SSSR count). The van der Waals surface area contributed by atoms with E-state index in [2.05, 4.69) is 18.8 Å². The van der Waals surface area contributed by atoms with E-state index < -0.39 is 17.8 Å². The maximum absolute atomic E-state index is 13.3. The van der Waals surface area contributed by atoms with Gasteiger partial charge in [0.25, 0.3) is 11.7 Å². The number of unbranched alkanes of at least 4 members (excludes halogenated alkanes) is 2. The van der Waals surface area contributed by atoms with Gasteiger partial charge in [-0.1, -0.05) is 26.7 Å². The second-order valence-electron chi connectivity index (χ2n) is 8.68. The normalized spacial score (nSPS) is 15.1. The molecule has 1 heterocycles. The SMILES string of the molecule is CCCCc1cc(C(=O)N=C2C(=O)N(C)C(=O)[N+](c3ccc(OC)cc3)=C2N)cc(CCCC)c1O. The third-order valence-corrected chi connectivity index (χ3v) is 6.13. The number of methoxy groups -OCH3 is 1. The number of amides is 4. The number of nitrogens with two attached hydrogens (primary N) is 1. The largest absolute Gasteiger partial charge is 0.507 e. The van der Waals surface area contributed by atoms with Crippen molar-refractivity contribution >= 4 is 35.1 Å². The molecule has 1 aliphatic heterocycles. The molecule has 3 N–H and O–H groups in total. The van der Waals surface area contributed by atoms with Crippen molar-refractivity contribution in [3.05, 3.63) is 53.1 Å². The van der Waals surface area contributed by atoms with Gasteiger partial charge in [0, 0.05) is 5.56 Å². The minimum Gasteiger partial charge on any atom is -0.507 e. The fraction of sp³-hybridized carbons (Fsp3) is 0.370. The third kappa shape index (κ3) is 5.45. The van der Waals surface area contributed by atoms with Crippen molar-refractivity contribution in [3.63, 3.8) is 0 Å². The Morgan fingerprint density at radius 3 is 2.11 bits per heavy atom. The summed E-state index contributed by atoms with van der Waals surface area (Å²) in [6.45, 7) is 4.10. The number of amidine groups is 1. The first-order valence-corrected chi connectivity index (χ1v) is 12.1. The summed E-state index contributed by atoms with van der Waals surface area (Å²) in [5, 5.41) is 10.7. The van der Waals surface area contributed by atoms with Crippen molar-refractivity contribution in [1.29, 1.82) is 0 Å². The zero-order chi connectivity index (χ0) is 26.4. The molecule has 2 aromatic rings. The Balaban J connectivity index is 2.08. The van der Waals surface area contributed by atoms with Crippen LogP contribution in [0.3, 0.4) is 0 Å². The van der Waals surface area contributed by atoms with Gasteiger partial charge in [-0.2, -0.15) is 14.5 Å². The molecule has 0 aliphatic carbocycles. The maximum Gasteiger partial charge on any atom is 0.451 e. The van der Waals surface area contributed by atoms with Crippen LogP contribution in [0.5, 0.6) is 11.5 Å². The standard InChI is InChI=1S/C27H32N4O5/c1-5-7-9-17-15-19(16-18(23(17)32)10-8-6-2)25(33)29-22-24(28)31(27(35)30(3)26(22)34)20-11-13-21(36-4)14-12-20/h11-16,28H,5-10H2,1-4H3,(H,32,33)/p+1. The van der Waals surface area contributed by atoms with E-state index in [0.29, 0.717) is 35.4 Å². The van der Waals surface area contributed by atoms with Crippen molar-refractivity contribution < 1.29 is 28.8 Å². The van der Waals surface area contributed by atoms with E-state index in [4.69, 9.17) is 10.5 Å². The number of aliphatic imine (C=N–C) groups is 1. The predicted octanol–water partition coefficient (Wildman–Crippen LogP) is 3.96. The zero-order valence-corrected chi connectivity index (χ0v) is 21.2. The Morgan fingerprint density at radius 2 is 1.61 bits per heavy atom. The van der Waals surface area contributed by atoms with Gasteiger partial charge in [-0.3, -0.25) is 4.79 Å². The highest BCUT2D eigenvalue weighted by atomic mass is 16.5. The number of rotatable bonds is 9. The zero-order valence-electron chi connectivity index (χ0n) is 21.2. The van der Waals surface area contributed by atoms with E-state index in [9.17, 15) is 19.5 Å². The van der Waals surface area contributed by atoms with Crippen molar-refractivity contribution in [3.8, 4) is 11.5 Å². The lowest BCUT2D eigenvalue weighted by Gasteiger charge is -2.20. The molecule has 0 saturated carbocycles. The Labute approximate surface area is 210 Å². The van der Waals surface area contributed by atoms with Gasteiger partial charge in [-0.25, -0.2) is 9.59 Å². The molecular formula is C27H33N4O5+. The lowest BCUT2D eigenvalue weighted by molar-refractivity contribution is -0.342.